The molecule has 7 heteroatoms. The minimum atomic E-state index is -0.111. The first-order valence-electron chi connectivity index (χ1n) is 9.92. The number of carbonyl (C=O) groups is 3. The molecule has 0 radical (unpaired) electrons. The van der Waals surface area contributed by atoms with Gasteiger partial charge in [-0.15, -0.1) is 0 Å². The Labute approximate surface area is 169 Å². The van der Waals surface area contributed by atoms with Crippen LogP contribution in [-0.2, 0) is 4.79 Å². The van der Waals surface area contributed by atoms with Gasteiger partial charge in [0.15, 0.2) is 0 Å². The molecule has 4 amide bonds. The highest BCUT2D eigenvalue weighted by Gasteiger charge is 2.28. The maximum Gasteiger partial charge on any atom is 0.321 e. The molecule has 0 bridgehead atoms. The molecular formula is C22H24N4O3. The molecule has 0 unspecified atom stereocenters. The Kier molecular flexibility index (Phi) is 5.46. The highest BCUT2D eigenvalue weighted by atomic mass is 16.2. The third-order valence-corrected chi connectivity index (χ3v) is 5.48. The number of anilines is 2. The number of rotatable bonds is 4. The molecule has 0 aromatic heterocycles. The molecule has 2 aliphatic rings. The van der Waals surface area contributed by atoms with E-state index in [1.165, 1.54) is 0 Å². The monoisotopic (exact) mass is 392 g/mol. The Morgan fingerprint density at radius 1 is 0.931 bits per heavy atom. The Morgan fingerprint density at radius 3 is 2.24 bits per heavy atom. The van der Waals surface area contributed by atoms with Crippen molar-refractivity contribution in [2.24, 2.45) is 5.92 Å². The average molecular weight is 392 g/mol. The fourth-order valence-corrected chi connectivity index (χ4v) is 3.80. The van der Waals surface area contributed by atoms with Crippen LogP contribution in [0.1, 0.15) is 23.2 Å². The summed E-state index contributed by atoms with van der Waals surface area (Å²) in [6.45, 7) is 2.38. The van der Waals surface area contributed by atoms with Crippen LogP contribution in [0, 0.1) is 5.92 Å². The molecule has 2 heterocycles. The summed E-state index contributed by atoms with van der Waals surface area (Å²) in [5.41, 5.74) is 2.18. The van der Waals surface area contributed by atoms with Crippen LogP contribution in [0.5, 0.6) is 0 Å². The van der Waals surface area contributed by atoms with E-state index < -0.39 is 0 Å². The SMILES string of the molecule is O=C(Nc1ccccc1)C1CCN(C(=O)c2ccc(N3CCNC3=O)cc2)CC1. The number of para-hydroxylation sites is 1. The van der Waals surface area contributed by atoms with Gasteiger partial charge in [-0.25, -0.2) is 4.79 Å². The first-order chi connectivity index (χ1) is 14.1. The number of hydrogen-bond donors (Lipinski definition) is 2. The predicted octanol–water partition coefficient (Wildman–Crippen LogP) is 2.71. The van der Waals surface area contributed by atoms with E-state index in [1.54, 1.807) is 34.1 Å². The molecule has 0 spiro atoms. The van der Waals surface area contributed by atoms with E-state index in [2.05, 4.69) is 10.6 Å². The minimum absolute atomic E-state index is 0.0107. The van der Waals surface area contributed by atoms with Gasteiger partial charge in [0.2, 0.25) is 5.91 Å². The maximum atomic E-state index is 12.8. The number of nitrogens with zero attached hydrogens (tertiary/aromatic N) is 2. The van der Waals surface area contributed by atoms with Crippen LogP contribution in [0.15, 0.2) is 54.6 Å². The van der Waals surface area contributed by atoms with E-state index in [1.807, 2.05) is 30.3 Å². The molecule has 2 saturated heterocycles. The van der Waals surface area contributed by atoms with Gasteiger partial charge in [-0.1, -0.05) is 18.2 Å². The van der Waals surface area contributed by atoms with E-state index >= 15 is 0 Å². The fourth-order valence-electron chi connectivity index (χ4n) is 3.80. The summed E-state index contributed by atoms with van der Waals surface area (Å²) in [6, 6.07) is 16.4. The van der Waals surface area contributed by atoms with Crippen molar-refractivity contribution < 1.29 is 14.4 Å². The number of carbonyl (C=O) groups excluding carboxylic acids is 3. The number of piperidine rings is 1. The van der Waals surface area contributed by atoms with Crippen LogP contribution < -0.4 is 15.5 Å². The van der Waals surface area contributed by atoms with Crippen LogP contribution in [0.4, 0.5) is 16.2 Å². The molecule has 2 N–H and O–H groups in total. The number of nitrogens with one attached hydrogen (secondary N) is 2. The van der Waals surface area contributed by atoms with Crippen LogP contribution in [0.2, 0.25) is 0 Å². The minimum Gasteiger partial charge on any atom is -0.339 e. The first-order valence-corrected chi connectivity index (χ1v) is 9.92. The molecule has 0 aliphatic carbocycles. The summed E-state index contributed by atoms with van der Waals surface area (Å²) in [6.07, 6.45) is 1.30. The molecule has 2 aromatic rings. The molecule has 2 fully saturated rings. The highest BCUT2D eigenvalue weighted by molar-refractivity contribution is 5.97. The van der Waals surface area contributed by atoms with Gasteiger partial charge in [0.1, 0.15) is 0 Å². The second-order valence-corrected chi connectivity index (χ2v) is 7.35. The van der Waals surface area contributed by atoms with Crippen LogP contribution >= 0.6 is 0 Å². The Balaban J connectivity index is 1.32. The first kappa shape index (κ1) is 19.0. The zero-order valence-electron chi connectivity index (χ0n) is 16.1. The van der Waals surface area contributed by atoms with Crippen molar-refractivity contribution in [2.75, 3.05) is 36.4 Å². The average Bonchev–Trinajstić information content (AvgIpc) is 3.20. The summed E-state index contributed by atoms with van der Waals surface area (Å²) in [7, 11) is 0. The number of hydrogen-bond acceptors (Lipinski definition) is 3. The highest BCUT2D eigenvalue weighted by Crippen LogP contribution is 2.22. The van der Waals surface area contributed by atoms with Crippen molar-refractivity contribution in [1.82, 2.24) is 10.2 Å². The number of amides is 4. The second-order valence-electron chi connectivity index (χ2n) is 7.35. The molecule has 29 heavy (non-hydrogen) atoms. The van der Waals surface area contributed by atoms with Gasteiger partial charge in [-0.3, -0.25) is 14.5 Å². The van der Waals surface area contributed by atoms with Gasteiger partial charge < -0.3 is 15.5 Å². The van der Waals surface area contributed by atoms with Crippen molar-refractivity contribution in [2.45, 2.75) is 12.8 Å². The van der Waals surface area contributed by atoms with Crippen molar-refractivity contribution >= 4 is 29.2 Å². The molecule has 4 rings (SSSR count). The Morgan fingerprint density at radius 2 is 1.62 bits per heavy atom. The van der Waals surface area contributed by atoms with Crippen LogP contribution in [0.25, 0.3) is 0 Å². The number of benzene rings is 2. The van der Waals surface area contributed by atoms with Crippen molar-refractivity contribution in [1.29, 1.82) is 0 Å². The van der Waals surface area contributed by atoms with Gasteiger partial charge in [0.25, 0.3) is 5.91 Å². The lowest BCUT2D eigenvalue weighted by Gasteiger charge is -2.31. The normalized spacial score (nSPS) is 17.2. The fraction of sp³-hybridized carbons (Fsp3) is 0.318. The van der Waals surface area contributed by atoms with Gasteiger partial charge in [0, 0.05) is 49.0 Å². The number of urea groups is 1. The van der Waals surface area contributed by atoms with E-state index in [4.69, 9.17) is 0 Å². The topological polar surface area (TPSA) is 81.8 Å². The maximum absolute atomic E-state index is 12.8. The largest absolute Gasteiger partial charge is 0.339 e. The van der Waals surface area contributed by atoms with Crippen LogP contribution in [0.3, 0.4) is 0 Å². The summed E-state index contributed by atoms with van der Waals surface area (Å²) >= 11 is 0. The van der Waals surface area contributed by atoms with Gasteiger partial charge in [0.05, 0.1) is 0 Å². The van der Waals surface area contributed by atoms with Crippen molar-refractivity contribution in [3.63, 3.8) is 0 Å². The zero-order valence-corrected chi connectivity index (χ0v) is 16.1. The zero-order chi connectivity index (χ0) is 20.2. The predicted molar refractivity (Wildman–Crippen MR) is 111 cm³/mol. The lowest BCUT2D eigenvalue weighted by Crippen LogP contribution is -2.41. The molecule has 0 atom stereocenters. The van der Waals surface area contributed by atoms with E-state index in [0.717, 1.165) is 11.4 Å². The summed E-state index contributed by atoms with van der Waals surface area (Å²) < 4.78 is 0. The summed E-state index contributed by atoms with van der Waals surface area (Å²) in [5, 5.41) is 5.71. The van der Waals surface area contributed by atoms with E-state index in [9.17, 15) is 14.4 Å². The number of likely N-dealkylation sites (tertiary alicyclic amines) is 1. The quantitative estimate of drug-likeness (QED) is 0.839. The Hall–Kier alpha value is -3.35. The van der Waals surface area contributed by atoms with Gasteiger partial charge in [-0.2, -0.15) is 0 Å². The lowest BCUT2D eigenvalue weighted by molar-refractivity contribution is -0.121. The molecule has 0 saturated carbocycles. The Bertz CT molecular complexity index is 890. The van der Waals surface area contributed by atoms with Crippen molar-refractivity contribution in [3.8, 4) is 0 Å². The summed E-state index contributed by atoms with van der Waals surface area (Å²) in [4.78, 5) is 40.5. The molecule has 2 aliphatic heterocycles. The molecule has 2 aromatic carbocycles. The molecular weight excluding hydrogens is 368 g/mol. The van der Waals surface area contributed by atoms with Crippen LogP contribution in [-0.4, -0.2) is 48.9 Å². The lowest BCUT2D eigenvalue weighted by atomic mass is 9.95. The third-order valence-electron chi connectivity index (χ3n) is 5.48. The smallest absolute Gasteiger partial charge is 0.321 e. The standard InChI is InChI=1S/C22H24N4O3/c27-20(24-18-4-2-1-3-5-18)16-10-13-25(14-11-16)21(28)17-6-8-19(9-7-17)26-15-12-23-22(26)29/h1-9,16H,10-15H2,(H,23,29)(H,24,27). The molecule has 150 valence electrons. The third kappa shape index (κ3) is 4.23. The molecule has 7 nitrogen and oxygen atoms in total. The van der Waals surface area contributed by atoms with Crippen molar-refractivity contribution in [3.05, 3.63) is 60.2 Å². The summed E-state index contributed by atoms with van der Waals surface area (Å²) in [5.74, 6) is -0.115. The second kappa shape index (κ2) is 8.34. The van der Waals surface area contributed by atoms with Gasteiger partial charge in [-0.05, 0) is 49.2 Å². The van der Waals surface area contributed by atoms with E-state index in [-0.39, 0.29) is 23.8 Å². The van der Waals surface area contributed by atoms with Gasteiger partial charge >= 0.3 is 6.03 Å². The van der Waals surface area contributed by atoms with E-state index in [0.29, 0.717) is 44.6 Å².